The number of benzene rings is 3. The van der Waals surface area contributed by atoms with Crippen molar-refractivity contribution < 1.29 is 27.7 Å². The first-order chi connectivity index (χ1) is 16.6. The molecule has 0 aliphatic carbocycles. The highest BCUT2D eigenvalue weighted by atomic mass is 32.2. The summed E-state index contributed by atoms with van der Waals surface area (Å²) in [6, 6.07) is 17.4. The van der Waals surface area contributed by atoms with Gasteiger partial charge in [-0.05, 0) is 54.6 Å². The normalized spacial score (nSPS) is 10.8. The molecular formula is C23H22N4O7S. The van der Waals surface area contributed by atoms with Gasteiger partial charge in [-0.15, -0.1) is 0 Å². The van der Waals surface area contributed by atoms with E-state index >= 15 is 0 Å². The van der Waals surface area contributed by atoms with Crippen molar-refractivity contribution in [1.29, 1.82) is 0 Å². The number of nitrogens with zero attached hydrogens (tertiary/aromatic N) is 2. The summed E-state index contributed by atoms with van der Waals surface area (Å²) in [5, 5.41) is 15.9. The molecule has 0 aromatic heterocycles. The molecule has 3 aromatic carbocycles. The minimum absolute atomic E-state index is 0.0484. The third-order valence-corrected chi connectivity index (χ3v) is 6.54. The summed E-state index contributed by atoms with van der Waals surface area (Å²) in [4.78, 5) is 33.5. The van der Waals surface area contributed by atoms with Crippen molar-refractivity contribution >= 4 is 44.6 Å². The monoisotopic (exact) mass is 498 g/mol. The largest absolute Gasteiger partial charge is 0.484 e. The summed E-state index contributed by atoms with van der Waals surface area (Å²) < 4.78 is 32.4. The first kappa shape index (κ1) is 25.2. The smallest absolute Gasteiger partial charge is 0.271 e. The zero-order valence-corrected chi connectivity index (χ0v) is 19.6. The zero-order chi connectivity index (χ0) is 25.6. The summed E-state index contributed by atoms with van der Waals surface area (Å²) in [5.41, 5.74) is 0.960. The SMILES string of the molecule is CC(=O)Nc1ccc(S(=O)(=O)N(C)c2ccc(OCC(=O)Nc3cccc([N+](=O)[O-])c3)cc2)cc1. The fourth-order valence-electron chi connectivity index (χ4n) is 3.01. The molecule has 0 bridgehead atoms. The molecule has 0 heterocycles. The van der Waals surface area contributed by atoms with Gasteiger partial charge in [-0.2, -0.15) is 0 Å². The van der Waals surface area contributed by atoms with Crippen molar-refractivity contribution in [1.82, 2.24) is 0 Å². The Kier molecular flexibility index (Phi) is 7.66. The molecule has 3 aromatic rings. The fraction of sp³-hybridized carbons (Fsp3) is 0.130. The van der Waals surface area contributed by atoms with Crippen LogP contribution in [0.2, 0.25) is 0 Å². The summed E-state index contributed by atoms with van der Waals surface area (Å²) in [6.45, 7) is 1.01. The van der Waals surface area contributed by atoms with Gasteiger partial charge in [0.15, 0.2) is 6.61 Å². The van der Waals surface area contributed by atoms with Gasteiger partial charge in [-0.25, -0.2) is 8.42 Å². The Labute approximate surface area is 201 Å². The van der Waals surface area contributed by atoms with Crippen molar-refractivity contribution in [3.05, 3.63) is 82.9 Å². The maximum Gasteiger partial charge on any atom is 0.271 e. The number of hydrogen-bond acceptors (Lipinski definition) is 7. The van der Waals surface area contributed by atoms with Crippen LogP contribution in [0.3, 0.4) is 0 Å². The van der Waals surface area contributed by atoms with Gasteiger partial charge in [-0.1, -0.05) is 6.07 Å². The molecular weight excluding hydrogens is 476 g/mol. The number of nitro groups is 1. The Morgan fingerprint density at radius 3 is 2.23 bits per heavy atom. The highest BCUT2D eigenvalue weighted by molar-refractivity contribution is 7.92. The number of anilines is 3. The highest BCUT2D eigenvalue weighted by Gasteiger charge is 2.21. The van der Waals surface area contributed by atoms with Gasteiger partial charge in [0.25, 0.3) is 21.6 Å². The van der Waals surface area contributed by atoms with Gasteiger partial charge in [0.2, 0.25) is 5.91 Å². The number of ether oxygens (including phenoxy) is 1. The molecule has 0 aliphatic heterocycles. The maximum absolute atomic E-state index is 12.9. The Balaban J connectivity index is 1.60. The van der Waals surface area contributed by atoms with Crippen molar-refractivity contribution in [3.8, 4) is 5.75 Å². The second-order valence-electron chi connectivity index (χ2n) is 7.32. The number of non-ortho nitro benzene ring substituents is 1. The van der Waals surface area contributed by atoms with Crippen LogP contribution in [-0.4, -0.2) is 38.8 Å². The molecule has 0 spiro atoms. The van der Waals surface area contributed by atoms with E-state index < -0.39 is 20.9 Å². The standard InChI is InChI=1S/C23H22N4O7S/c1-16(28)24-17-6-12-22(13-7-17)35(32,33)26(2)19-8-10-21(11-9-19)34-15-23(29)25-18-4-3-5-20(14-18)27(30)31/h3-14H,15H2,1-2H3,(H,24,28)(H,25,29). The number of amides is 2. The van der Waals surface area contributed by atoms with Crippen LogP contribution in [0.25, 0.3) is 0 Å². The molecule has 12 heteroatoms. The van der Waals surface area contributed by atoms with E-state index in [2.05, 4.69) is 10.6 Å². The van der Waals surface area contributed by atoms with E-state index in [0.29, 0.717) is 17.1 Å². The topological polar surface area (TPSA) is 148 Å². The number of carbonyl (C=O) groups is 2. The Bertz CT molecular complexity index is 1340. The lowest BCUT2D eigenvalue weighted by molar-refractivity contribution is -0.384. The predicted octanol–water partition coefficient (Wildman–Crippen LogP) is 3.40. The van der Waals surface area contributed by atoms with Crippen LogP contribution in [0, 0.1) is 10.1 Å². The van der Waals surface area contributed by atoms with E-state index in [-0.39, 0.29) is 28.8 Å². The van der Waals surface area contributed by atoms with Crippen LogP contribution in [-0.2, 0) is 19.6 Å². The van der Waals surface area contributed by atoms with Crippen molar-refractivity contribution in [2.75, 3.05) is 28.6 Å². The van der Waals surface area contributed by atoms with Crippen LogP contribution < -0.4 is 19.7 Å². The predicted molar refractivity (Wildman–Crippen MR) is 130 cm³/mol. The highest BCUT2D eigenvalue weighted by Crippen LogP contribution is 2.25. The second kappa shape index (κ2) is 10.7. The lowest BCUT2D eigenvalue weighted by Gasteiger charge is -2.20. The summed E-state index contributed by atoms with van der Waals surface area (Å²) >= 11 is 0. The van der Waals surface area contributed by atoms with Crippen LogP contribution in [0.15, 0.2) is 77.7 Å². The Morgan fingerprint density at radius 1 is 0.971 bits per heavy atom. The minimum atomic E-state index is -3.85. The van der Waals surface area contributed by atoms with E-state index in [1.165, 1.54) is 86.8 Å². The van der Waals surface area contributed by atoms with Crippen molar-refractivity contribution in [2.45, 2.75) is 11.8 Å². The van der Waals surface area contributed by atoms with Gasteiger partial charge in [0, 0.05) is 37.5 Å². The first-order valence-corrected chi connectivity index (χ1v) is 11.6. The summed E-state index contributed by atoms with van der Waals surface area (Å²) in [6.07, 6.45) is 0. The molecule has 2 amide bonds. The Morgan fingerprint density at radius 2 is 1.63 bits per heavy atom. The van der Waals surface area contributed by atoms with Crippen LogP contribution in [0.1, 0.15) is 6.92 Å². The van der Waals surface area contributed by atoms with Gasteiger partial charge in [0.05, 0.1) is 15.5 Å². The zero-order valence-electron chi connectivity index (χ0n) is 18.8. The molecule has 11 nitrogen and oxygen atoms in total. The molecule has 0 fully saturated rings. The molecule has 0 aliphatic rings. The number of rotatable bonds is 9. The summed E-state index contributed by atoms with van der Waals surface area (Å²) in [5.74, 6) is -0.452. The van der Waals surface area contributed by atoms with E-state index in [1.54, 1.807) is 0 Å². The molecule has 0 radical (unpaired) electrons. The van der Waals surface area contributed by atoms with E-state index in [4.69, 9.17) is 4.74 Å². The molecule has 0 saturated carbocycles. The van der Waals surface area contributed by atoms with E-state index in [1.807, 2.05) is 0 Å². The van der Waals surface area contributed by atoms with Gasteiger partial charge < -0.3 is 15.4 Å². The van der Waals surface area contributed by atoms with Gasteiger partial charge >= 0.3 is 0 Å². The fourth-order valence-corrected chi connectivity index (χ4v) is 4.20. The van der Waals surface area contributed by atoms with E-state index in [0.717, 1.165) is 4.31 Å². The number of sulfonamides is 1. The Hall–Kier alpha value is -4.45. The van der Waals surface area contributed by atoms with E-state index in [9.17, 15) is 28.1 Å². The van der Waals surface area contributed by atoms with Gasteiger partial charge in [-0.3, -0.25) is 24.0 Å². The van der Waals surface area contributed by atoms with Crippen molar-refractivity contribution in [2.24, 2.45) is 0 Å². The molecule has 0 saturated heterocycles. The molecule has 0 atom stereocenters. The molecule has 3 rings (SSSR count). The molecule has 0 unspecified atom stereocenters. The minimum Gasteiger partial charge on any atom is -0.484 e. The quantitative estimate of drug-likeness (QED) is 0.339. The number of nitro benzene ring substituents is 1. The third-order valence-electron chi connectivity index (χ3n) is 4.74. The number of hydrogen-bond donors (Lipinski definition) is 2. The van der Waals surface area contributed by atoms with Crippen LogP contribution in [0.5, 0.6) is 5.75 Å². The molecule has 182 valence electrons. The first-order valence-electron chi connectivity index (χ1n) is 10.2. The molecule has 35 heavy (non-hydrogen) atoms. The maximum atomic E-state index is 12.9. The van der Waals surface area contributed by atoms with Gasteiger partial charge in [0.1, 0.15) is 5.75 Å². The number of nitrogens with one attached hydrogen (secondary N) is 2. The average molecular weight is 499 g/mol. The third kappa shape index (κ3) is 6.54. The number of carbonyl (C=O) groups excluding carboxylic acids is 2. The van der Waals surface area contributed by atoms with Crippen LogP contribution in [0.4, 0.5) is 22.7 Å². The van der Waals surface area contributed by atoms with Crippen LogP contribution >= 0.6 is 0 Å². The lowest BCUT2D eigenvalue weighted by atomic mass is 10.3. The average Bonchev–Trinajstić information content (AvgIpc) is 2.82. The lowest BCUT2D eigenvalue weighted by Crippen LogP contribution is -2.26. The molecule has 2 N–H and O–H groups in total. The second-order valence-corrected chi connectivity index (χ2v) is 9.29. The summed E-state index contributed by atoms with van der Waals surface area (Å²) in [7, 11) is -2.45. The van der Waals surface area contributed by atoms with Crippen molar-refractivity contribution in [3.63, 3.8) is 0 Å².